The van der Waals surface area contributed by atoms with Crippen LogP contribution in [-0.2, 0) is 14.2 Å². The van der Waals surface area contributed by atoms with E-state index in [1.807, 2.05) is 36.6 Å². The third-order valence-corrected chi connectivity index (χ3v) is 5.43. The van der Waals surface area contributed by atoms with Gasteiger partial charge in [0, 0.05) is 5.56 Å². The van der Waals surface area contributed by atoms with Crippen LogP contribution in [0.15, 0.2) is 43.0 Å². The van der Waals surface area contributed by atoms with Crippen molar-refractivity contribution in [2.45, 2.75) is 57.5 Å². The Morgan fingerprint density at radius 3 is 2.67 bits per heavy atom. The van der Waals surface area contributed by atoms with Crippen molar-refractivity contribution in [3.63, 3.8) is 0 Å². The number of aromatic nitrogens is 4. The Balaban J connectivity index is 1.47. The first-order chi connectivity index (χ1) is 14.5. The fourth-order valence-corrected chi connectivity index (χ4v) is 4.11. The van der Waals surface area contributed by atoms with Gasteiger partial charge in [-0.2, -0.15) is 0 Å². The lowest BCUT2D eigenvalue weighted by molar-refractivity contribution is -0.196. The zero-order valence-electron chi connectivity index (χ0n) is 17.0. The predicted octanol–water partition coefficient (Wildman–Crippen LogP) is 2.91. The van der Waals surface area contributed by atoms with E-state index in [1.165, 1.54) is 6.33 Å². The first kappa shape index (κ1) is 19.1. The number of hydrogen-bond acceptors (Lipinski definition) is 7. The van der Waals surface area contributed by atoms with Crippen LogP contribution in [0.4, 0.5) is 5.82 Å². The SMILES string of the molecule is CC[C@H]1O[C@@H](n2cnc3c(NC(=O)c4ccccc4)ncnc32)C2OC(C)(C)O[C@H]21. The van der Waals surface area contributed by atoms with Gasteiger partial charge >= 0.3 is 0 Å². The lowest BCUT2D eigenvalue weighted by Crippen LogP contribution is -2.28. The van der Waals surface area contributed by atoms with E-state index < -0.39 is 12.0 Å². The van der Waals surface area contributed by atoms with Crippen molar-refractivity contribution in [3.8, 4) is 0 Å². The summed E-state index contributed by atoms with van der Waals surface area (Å²) in [6.45, 7) is 5.87. The lowest BCUT2D eigenvalue weighted by Gasteiger charge is -2.24. The summed E-state index contributed by atoms with van der Waals surface area (Å²) in [5.74, 6) is -0.592. The van der Waals surface area contributed by atoms with Crippen LogP contribution in [0.5, 0.6) is 0 Å². The Morgan fingerprint density at radius 1 is 1.13 bits per heavy atom. The fraction of sp³-hybridized carbons (Fsp3) is 0.429. The molecule has 0 saturated carbocycles. The second kappa shape index (κ2) is 7.12. The molecule has 1 aromatic carbocycles. The van der Waals surface area contributed by atoms with E-state index in [4.69, 9.17) is 14.2 Å². The minimum atomic E-state index is -0.676. The summed E-state index contributed by atoms with van der Waals surface area (Å²) >= 11 is 0. The van der Waals surface area contributed by atoms with E-state index in [0.717, 1.165) is 6.42 Å². The highest BCUT2D eigenvalue weighted by Gasteiger charge is 2.55. The minimum absolute atomic E-state index is 0.0849. The van der Waals surface area contributed by atoms with Crippen LogP contribution in [0.25, 0.3) is 11.2 Å². The maximum Gasteiger partial charge on any atom is 0.256 e. The molecular weight excluding hydrogens is 386 g/mol. The number of fused-ring (bicyclic) bond motifs is 2. The Bertz CT molecular complexity index is 1080. The molecule has 3 aromatic rings. The van der Waals surface area contributed by atoms with Crippen LogP contribution >= 0.6 is 0 Å². The number of ether oxygens (including phenoxy) is 3. The lowest BCUT2D eigenvalue weighted by atomic mass is 10.1. The molecule has 9 nitrogen and oxygen atoms in total. The highest BCUT2D eigenvalue weighted by molar-refractivity contribution is 6.06. The summed E-state index contributed by atoms with van der Waals surface area (Å²) in [5, 5.41) is 2.82. The Morgan fingerprint density at radius 2 is 1.90 bits per heavy atom. The van der Waals surface area contributed by atoms with Crippen molar-refractivity contribution < 1.29 is 19.0 Å². The van der Waals surface area contributed by atoms with Gasteiger partial charge in [-0.05, 0) is 32.4 Å². The number of imidazole rings is 1. The predicted molar refractivity (Wildman–Crippen MR) is 108 cm³/mol. The molecule has 4 heterocycles. The van der Waals surface area contributed by atoms with Crippen molar-refractivity contribution in [1.82, 2.24) is 19.5 Å². The third kappa shape index (κ3) is 3.15. The van der Waals surface area contributed by atoms with E-state index in [0.29, 0.717) is 22.5 Å². The van der Waals surface area contributed by atoms with Crippen LogP contribution in [-0.4, -0.2) is 49.5 Å². The van der Waals surface area contributed by atoms with Crippen LogP contribution in [0.3, 0.4) is 0 Å². The second-order valence-electron chi connectivity index (χ2n) is 7.90. The molecular formula is C21H23N5O4. The molecule has 2 aromatic heterocycles. The molecule has 0 spiro atoms. The van der Waals surface area contributed by atoms with Gasteiger partial charge in [0.25, 0.3) is 5.91 Å². The molecule has 4 atom stereocenters. The Hall–Kier alpha value is -2.88. The zero-order valence-corrected chi connectivity index (χ0v) is 17.0. The monoisotopic (exact) mass is 409 g/mol. The third-order valence-electron chi connectivity index (χ3n) is 5.43. The molecule has 1 N–H and O–H groups in total. The number of hydrogen-bond donors (Lipinski definition) is 1. The van der Waals surface area contributed by atoms with Crippen molar-refractivity contribution in [2.75, 3.05) is 5.32 Å². The van der Waals surface area contributed by atoms with Gasteiger partial charge in [0.2, 0.25) is 0 Å². The summed E-state index contributed by atoms with van der Waals surface area (Å²) in [4.78, 5) is 25.6. The Kier molecular flexibility index (Phi) is 4.53. The molecule has 9 heteroatoms. The molecule has 156 valence electrons. The zero-order chi connectivity index (χ0) is 20.9. The number of nitrogens with one attached hydrogen (secondary N) is 1. The standard InChI is InChI=1S/C21H23N5O4/c1-4-13-15-16(30-21(2,3)29-15)20(28-13)26-11-24-14-17(22-10-23-18(14)26)25-19(27)12-8-6-5-7-9-12/h5-11,13,15-16,20H,4H2,1-3H3,(H,22,23,25,27)/t13-,15+,16?,20-/m1/s1. The summed E-state index contributed by atoms with van der Waals surface area (Å²) in [5.41, 5.74) is 1.58. The van der Waals surface area contributed by atoms with Crippen molar-refractivity contribution in [3.05, 3.63) is 48.5 Å². The van der Waals surface area contributed by atoms with Gasteiger partial charge in [0.05, 0.1) is 12.4 Å². The number of benzene rings is 1. The number of carbonyl (C=O) groups excluding carboxylic acids is 1. The molecule has 0 bridgehead atoms. The molecule has 5 rings (SSSR count). The van der Waals surface area contributed by atoms with Crippen LogP contribution in [0, 0.1) is 0 Å². The van der Waals surface area contributed by atoms with Crippen molar-refractivity contribution >= 4 is 22.9 Å². The molecule has 2 aliphatic rings. The number of amides is 1. The molecule has 0 radical (unpaired) electrons. The van der Waals surface area contributed by atoms with E-state index in [9.17, 15) is 4.79 Å². The molecule has 30 heavy (non-hydrogen) atoms. The maximum atomic E-state index is 12.6. The normalized spacial score (nSPS) is 27.3. The van der Waals surface area contributed by atoms with Gasteiger partial charge in [-0.15, -0.1) is 0 Å². The van der Waals surface area contributed by atoms with Gasteiger partial charge in [0.1, 0.15) is 18.5 Å². The Labute approximate surface area is 173 Å². The summed E-state index contributed by atoms with van der Waals surface area (Å²) < 4.78 is 20.3. The summed E-state index contributed by atoms with van der Waals surface area (Å²) in [7, 11) is 0. The molecule has 1 amide bonds. The number of nitrogens with zero attached hydrogens (tertiary/aromatic N) is 4. The minimum Gasteiger partial charge on any atom is -0.349 e. The largest absolute Gasteiger partial charge is 0.349 e. The number of carbonyl (C=O) groups is 1. The summed E-state index contributed by atoms with van der Waals surface area (Å²) in [6.07, 6.45) is 2.90. The molecule has 1 unspecified atom stereocenters. The first-order valence-corrected chi connectivity index (χ1v) is 10.0. The smallest absolute Gasteiger partial charge is 0.256 e. The van der Waals surface area contributed by atoms with Crippen molar-refractivity contribution in [2.24, 2.45) is 0 Å². The van der Waals surface area contributed by atoms with Gasteiger partial charge in [0.15, 0.2) is 29.0 Å². The van der Waals surface area contributed by atoms with E-state index in [2.05, 4.69) is 27.2 Å². The first-order valence-electron chi connectivity index (χ1n) is 10.0. The average Bonchev–Trinajstić information content (AvgIpc) is 3.39. The van der Waals surface area contributed by atoms with Crippen LogP contribution in [0.1, 0.15) is 43.8 Å². The quantitative estimate of drug-likeness (QED) is 0.707. The van der Waals surface area contributed by atoms with Crippen LogP contribution < -0.4 is 5.32 Å². The fourth-order valence-electron chi connectivity index (χ4n) is 4.11. The summed E-state index contributed by atoms with van der Waals surface area (Å²) in [6, 6.07) is 8.95. The number of rotatable bonds is 4. The van der Waals surface area contributed by atoms with E-state index in [-0.39, 0.29) is 24.2 Å². The van der Waals surface area contributed by atoms with Gasteiger partial charge < -0.3 is 19.5 Å². The van der Waals surface area contributed by atoms with Crippen LogP contribution in [0.2, 0.25) is 0 Å². The molecule has 2 saturated heterocycles. The maximum absolute atomic E-state index is 12.6. The topological polar surface area (TPSA) is 100 Å². The van der Waals surface area contributed by atoms with Gasteiger partial charge in [-0.25, -0.2) is 15.0 Å². The average molecular weight is 409 g/mol. The molecule has 0 aliphatic carbocycles. The molecule has 2 aliphatic heterocycles. The van der Waals surface area contributed by atoms with Gasteiger partial charge in [-0.3, -0.25) is 9.36 Å². The van der Waals surface area contributed by atoms with Crippen molar-refractivity contribution in [1.29, 1.82) is 0 Å². The number of anilines is 1. The molecule has 2 fully saturated rings. The van der Waals surface area contributed by atoms with E-state index in [1.54, 1.807) is 18.5 Å². The van der Waals surface area contributed by atoms with E-state index >= 15 is 0 Å². The highest BCUT2D eigenvalue weighted by Crippen LogP contribution is 2.44. The second-order valence-corrected chi connectivity index (χ2v) is 7.90. The highest BCUT2D eigenvalue weighted by atomic mass is 16.8. The van der Waals surface area contributed by atoms with Gasteiger partial charge in [-0.1, -0.05) is 25.1 Å².